The van der Waals surface area contributed by atoms with Gasteiger partial charge in [-0.3, -0.25) is 4.79 Å². The van der Waals surface area contributed by atoms with Gasteiger partial charge in [-0.1, -0.05) is 47.2 Å². The zero-order valence-corrected chi connectivity index (χ0v) is 15.1. The molecule has 6 nitrogen and oxygen atoms in total. The summed E-state index contributed by atoms with van der Waals surface area (Å²) in [6.07, 6.45) is 1.64. The Bertz CT molecular complexity index is 947. The van der Waals surface area contributed by atoms with Gasteiger partial charge in [-0.2, -0.15) is 0 Å². The lowest BCUT2D eigenvalue weighted by Gasteiger charge is -2.40. The van der Waals surface area contributed by atoms with Crippen molar-refractivity contribution in [2.75, 3.05) is 19.0 Å². The maximum Gasteiger partial charge on any atom is 0.257 e. The molecule has 132 valence electrons. The van der Waals surface area contributed by atoms with Gasteiger partial charge in [0.1, 0.15) is 5.69 Å². The molecule has 1 aliphatic rings. The van der Waals surface area contributed by atoms with E-state index < -0.39 is 0 Å². The van der Waals surface area contributed by atoms with Crippen molar-refractivity contribution in [3.63, 3.8) is 0 Å². The van der Waals surface area contributed by atoms with Gasteiger partial charge < -0.3 is 9.80 Å². The van der Waals surface area contributed by atoms with E-state index in [0.717, 1.165) is 11.4 Å². The molecule has 4 rings (SSSR count). The fourth-order valence-corrected chi connectivity index (χ4v) is 3.44. The predicted molar refractivity (Wildman–Crippen MR) is 100.0 cm³/mol. The minimum absolute atomic E-state index is 0.00298. The number of amides is 1. The lowest BCUT2D eigenvalue weighted by atomic mass is 10.1. The van der Waals surface area contributed by atoms with Crippen LogP contribution >= 0.6 is 0 Å². The van der Waals surface area contributed by atoms with Crippen LogP contribution in [0.2, 0.25) is 0 Å². The van der Waals surface area contributed by atoms with Gasteiger partial charge in [0.05, 0.1) is 24.0 Å². The Morgan fingerprint density at radius 3 is 2.50 bits per heavy atom. The lowest BCUT2D eigenvalue weighted by molar-refractivity contribution is 0.0707. The van der Waals surface area contributed by atoms with E-state index in [1.807, 2.05) is 42.2 Å². The summed E-state index contributed by atoms with van der Waals surface area (Å²) in [4.78, 5) is 16.5. The van der Waals surface area contributed by atoms with Crippen LogP contribution in [0.5, 0.6) is 0 Å². The molecule has 1 aliphatic heterocycles. The minimum atomic E-state index is -0.274. The first-order chi connectivity index (χ1) is 12.5. The molecule has 26 heavy (non-hydrogen) atoms. The highest BCUT2D eigenvalue weighted by atomic mass is 16.2. The number of fused-ring (bicyclic) bond motifs is 1. The van der Waals surface area contributed by atoms with Crippen molar-refractivity contribution in [2.45, 2.75) is 19.6 Å². The van der Waals surface area contributed by atoms with E-state index in [1.165, 1.54) is 11.1 Å². The van der Waals surface area contributed by atoms with Crippen molar-refractivity contribution >= 4 is 11.6 Å². The Balaban J connectivity index is 1.63. The van der Waals surface area contributed by atoms with Crippen LogP contribution in [-0.4, -0.2) is 39.9 Å². The number of anilines is 1. The van der Waals surface area contributed by atoms with Gasteiger partial charge in [0.25, 0.3) is 5.91 Å². The molecular weight excluding hydrogens is 326 g/mol. The van der Waals surface area contributed by atoms with Crippen molar-refractivity contribution in [3.8, 4) is 0 Å². The summed E-state index contributed by atoms with van der Waals surface area (Å²) in [6.45, 7) is 2.72. The monoisotopic (exact) mass is 347 g/mol. The summed E-state index contributed by atoms with van der Waals surface area (Å²) >= 11 is 0. The van der Waals surface area contributed by atoms with E-state index in [1.54, 1.807) is 11.9 Å². The van der Waals surface area contributed by atoms with Crippen molar-refractivity contribution in [1.29, 1.82) is 0 Å². The quantitative estimate of drug-likeness (QED) is 0.731. The summed E-state index contributed by atoms with van der Waals surface area (Å²) in [5.74, 6) is -0.00298. The first kappa shape index (κ1) is 16.3. The second-order valence-corrected chi connectivity index (χ2v) is 6.74. The highest BCUT2D eigenvalue weighted by Gasteiger charge is 2.35. The van der Waals surface area contributed by atoms with E-state index in [-0.39, 0.29) is 12.1 Å². The molecule has 6 heteroatoms. The molecule has 2 aromatic carbocycles. The van der Waals surface area contributed by atoms with Crippen LogP contribution in [0, 0.1) is 6.92 Å². The fraction of sp³-hybridized carbons (Fsp3) is 0.250. The largest absolute Gasteiger partial charge is 0.348 e. The van der Waals surface area contributed by atoms with Gasteiger partial charge in [-0.05, 0) is 24.6 Å². The molecule has 3 aromatic rings. The number of benzene rings is 2. The Kier molecular flexibility index (Phi) is 3.95. The number of nitrogens with zero attached hydrogens (tertiary/aromatic N) is 5. The Labute approximate surface area is 152 Å². The smallest absolute Gasteiger partial charge is 0.257 e. The number of hydrogen-bond donors (Lipinski definition) is 0. The van der Waals surface area contributed by atoms with Crippen molar-refractivity contribution in [3.05, 3.63) is 77.1 Å². The van der Waals surface area contributed by atoms with E-state index in [9.17, 15) is 4.79 Å². The molecule has 0 aliphatic carbocycles. The molecule has 0 bridgehead atoms. The summed E-state index contributed by atoms with van der Waals surface area (Å²) in [6, 6.07) is 16.0. The van der Waals surface area contributed by atoms with Gasteiger partial charge in [-0.25, -0.2) is 4.68 Å². The van der Waals surface area contributed by atoms with E-state index >= 15 is 0 Å². The molecule has 1 atom stereocenters. The number of carbonyl (C=O) groups excluding carboxylic acids is 1. The van der Waals surface area contributed by atoms with E-state index in [2.05, 4.69) is 46.4 Å². The SMILES string of the molecule is Cc1ccc(Cn2cc([C@H]3N(C)C(=O)c4ccccc4N3C)nn2)cc1. The normalized spacial score (nSPS) is 16.7. The number of rotatable bonds is 3. The van der Waals surface area contributed by atoms with Crippen LogP contribution in [-0.2, 0) is 6.54 Å². The predicted octanol–water partition coefficient (Wildman–Crippen LogP) is 2.86. The van der Waals surface area contributed by atoms with Gasteiger partial charge in [0.15, 0.2) is 6.17 Å². The Morgan fingerprint density at radius 2 is 1.73 bits per heavy atom. The number of aryl methyl sites for hydroxylation is 1. The van der Waals surface area contributed by atoms with Crippen LogP contribution in [0.1, 0.15) is 33.3 Å². The summed E-state index contributed by atoms with van der Waals surface area (Å²) in [5.41, 5.74) is 4.77. The third kappa shape index (κ3) is 2.73. The second kappa shape index (κ2) is 6.29. The number of carbonyl (C=O) groups is 1. The van der Waals surface area contributed by atoms with Crippen LogP contribution in [0.3, 0.4) is 0 Å². The van der Waals surface area contributed by atoms with Gasteiger partial charge in [0, 0.05) is 14.1 Å². The fourth-order valence-electron chi connectivity index (χ4n) is 3.44. The van der Waals surface area contributed by atoms with Gasteiger partial charge in [0.2, 0.25) is 0 Å². The zero-order valence-electron chi connectivity index (χ0n) is 15.1. The minimum Gasteiger partial charge on any atom is -0.348 e. The number of para-hydroxylation sites is 1. The van der Waals surface area contributed by atoms with Gasteiger partial charge >= 0.3 is 0 Å². The van der Waals surface area contributed by atoms with Gasteiger partial charge in [-0.15, -0.1) is 5.10 Å². The number of hydrogen-bond acceptors (Lipinski definition) is 4. The third-order valence-corrected chi connectivity index (χ3v) is 4.85. The average molecular weight is 347 g/mol. The molecule has 0 N–H and O–H groups in total. The molecule has 0 saturated heterocycles. The van der Waals surface area contributed by atoms with Crippen LogP contribution in [0.15, 0.2) is 54.7 Å². The first-order valence-corrected chi connectivity index (χ1v) is 8.59. The summed E-state index contributed by atoms with van der Waals surface area (Å²) in [7, 11) is 3.78. The average Bonchev–Trinajstić information content (AvgIpc) is 3.10. The molecule has 0 saturated carbocycles. The lowest BCUT2D eigenvalue weighted by Crippen LogP contribution is -2.45. The Morgan fingerprint density at radius 1 is 1.00 bits per heavy atom. The first-order valence-electron chi connectivity index (χ1n) is 8.59. The number of aromatic nitrogens is 3. The van der Waals surface area contributed by atoms with Crippen molar-refractivity contribution in [2.24, 2.45) is 0 Å². The maximum absolute atomic E-state index is 12.7. The molecule has 0 radical (unpaired) electrons. The molecule has 0 spiro atoms. The highest BCUT2D eigenvalue weighted by molar-refractivity contribution is 6.01. The molecular formula is C20H21N5O. The summed E-state index contributed by atoms with van der Waals surface area (Å²) in [5, 5.41) is 8.60. The topological polar surface area (TPSA) is 54.3 Å². The van der Waals surface area contributed by atoms with Crippen LogP contribution in [0.25, 0.3) is 0 Å². The molecule has 2 heterocycles. The van der Waals surface area contributed by atoms with Crippen LogP contribution < -0.4 is 4.90 Å². The molecule has 1 aromatic heterocycles. The zero-order chi connectivity index (χ0) is 18.3. The third-order valence-electron chi connectivity index (χ3n) is 4.85. The molecule has 0 unspecified atom stereocenters. The maximum atomic E-state index is 12.7. The van der Waals surface area contributed by atoms with E-state index in [0.29, 0.717) is 12.1 Å². The van der Waals surface area contributed by atoms with E-state index in [4.69, 9.17) is 0 Å². The Hall–Kier alpha value is -3.15. The van der Waals surface area contributed by atoms with Crippen molar-refractivity contribution in [1.82, 2.24) is 19.9 Å². The van der Waals surface area contributed by atoms with Crippen molar-refractivity contribution < 1.29 is 4.79 Å². The second-order valence-electron chi connectivity index (χ2n) is 6.74. The van der Waals surface area contributed by atoms with Crippen LogP contribution in [0.4, 0.5) is 5.69 Å². The summed E-state index contributed by atoms with van der Waals surface area (Å²) < 4.78 is 1.81. The molecule has 1 amide bonds. The standard InChI is InChI=1S/C20H21N5O/c1-14-8-10-15(11-9-14)12-25-13-17(21-22-25)19-23(2)18-7-5-4-6-16(18)20(26)24(19)3/h4-11,13,19H,12H2,1-3H3/t19-/m1/s1. The highest BCUT2D eigenvalue weighted by Crippen LogP contribution is 2.35. The molecule has 0 fully saturated rings.